The zero-order chi connectivity index (χ0) is 13.0. The molecule has 1 aromatic carbocycles. The molecule has 0 saturated carbocycles. The Labute approximate surface area is 105 Å². The fraction of sp³-hybridized carbons (Fsp3) is 0.0769. The summed E-state index contributed by atoms with van der Waals surface area (Å²) in [4.78, 5) is 3.97. The summed E-state index contributed by atoms with van der Waals surface area (Å²) in [6.07, 6.45) is 1.56. The highest BCUT2D eigenvalue weighted by Gasteiger charge is 2.08. The lowest BCUT2D eigenvalue weighted by Crippen LogP contribution is -2.04. The van der Waals surface area contributed by atoms with Crippen LogP contribution >= 0.6 is 0 Å². The molecule has 0 fully saturated rings. The van der Waals surface area contributed by atoms with E-state index in [-0.39, 0.29) is 0 Å². The van der Waals surface area contributed by atoms with Crippen molar-refractivity contribution < 1.29 is 9.94 Å². The number of methoxy groups -OCH3 is 1. The fourth-order valence-electron chi connectivity index (χ4n) is 1.58. The number of benzene rings is 1. The van der Waals surface area contributed by atoms with Crippen LogP contribution in [0.25, 0.3) is 0 Å². The van der Waals surface area contributed by atoms with Crippen molar-refractivity contribution in [2.75, 3.05) is 12.8 Å². The van der Waals surface area contributed by atoms with Gasteiger partial charge in [0.05, 0.1) is 7.11 Å². The number of aromatic nitrogens is 1. The Bertz CT molecular complexity index is 547. The topological polar surface area (TPSA) is 80.7 Å². The van der Waals surface area contributed by atoms with Crippen LogP contribution in [0.3, 0.4) is 0 Å². The van der Waals surface area contributed by atoms with Gasteiger partial charge in [-0.15, -0.1) is 0 Å². The molecule has 0 saturated heterocycles. The molecule has 1 heterocycles. The first-order valence-corrected chi connectivity index (χ1v) is 5.33. The SMILES string of the molecule is COc1ccc(/C(=N/O)c2ccc(N)nc2)cc1. The van der Waals surface area contributed by atoms with E-state index in [1.54, 1.807) is 37.6 Å². The maximum Gasteiger partial charge on any atom is 0.123 e. The quantitative estimate of drug-likeness (QED) is 0.490. The number of nitrogens with two attached hydrogens (primary N) is 1. The number of hydrogen-bond acceptors (Lipinski definition) is 5. The van der Waals surface area contributed by atoms with Gasteiger partial charge >= 0.3 is 0 Å². The van der Waals surface area contributed by atoms with Gasteiger partial charge in [0.2, 0.25) is 0 Å². The van der Waals surface area contributed by atoms with E-state index in [2.05, 4.69) is 10.1 Å². The van der Waals surface area contributed by atoms with Crippen molar-refractivity contribution in [3.63, 3.8) is 0 Å². The number of oxime groups is 1. The van der Waals surface area contributed by atoms with Crippen LogP contribution in [0.1, 0.15) is 11.1 Å². The van der Waals surface area contributed by atoms with E-state index in [0.717, 1.165) is 11.3 Å². The van der Waals surface area contributed by atoms with Gasteiger partial charge < -0.3 is 15.7 Å². The van der Waals surface area contributed by atoms with Crippen molar-refractivity contribution >= 4 is 11.5 Å². The van der Waals surface area contributed by atoms with Crippen LogP contribution in [0.15, 0.2) is 47.8 Å². The van der Waals surface area contributed by atoms with E-state index >= 15 is 0 Å². The van der Waals surface area contributed by atoms with Gasteiger partial charge in [0.15, 0.2) is 0 Å². The predicted octanol–water partition coefficient (Wildman–Crippen LogP) is 1.90. The van der Waals surface area contributed by atoms with Crippen molar-refractivity contribution in [2.24, 2.45) is 5.16 Å². The second-order valence-electron chi connectivity index (χ2n) is 3.65. The molecular weight excluding hydrogens is 230 g/mol. The zero-order valence-corrected chi connectivity index (χ0v) is 9.87. The van der Waals surface area contributed by atoms with Crippen LogP contribution in [0.2, 0.25) is 0 Å². The molecule has 0 unspecified atom stereocenters. The lowest BCUT2D eigenvalue weighted by molar-refractivity contribution is 0.319. The third-order valence-corrected chi connectivity index (χ3v) is 2.52. The van der Waals surface area contributed by atoms with Crippen LogP contribution in [-0.4, -0.2) is 23.0 Å². The minimum Gasteiger partial charge on any atom is -0.497 e. The molecule has 0 aliphatic carbocycles. The molecule has 2 aromatic rings. The standard InChI is InChI=1S/C13H13N3O2/c1-18-11-5-2-9(3-6-11)13(16-17)10-4-7-12(14)15-8-10/h2-8,17H,1H3,(H2,14,15)/b16-13-. The Balaban J connectivity index is 2.36. The van der Waals surface area contributed by atoms with E-state index in [0.29, 0.717) is 17.1 Å². The maximum absolute atomic E-state index is 9.13. The molecule has 1 aromatic heterocycles. The molecule has 0 spiro atoms. The first-order valence-electron chi connectivity index (χ1n) is 5.33. The summed E-state index contributed by atoms with van der Waals surface area (Å²) < 4.78 is 5.07. The zero-order valence-electron chi connectivity index (χ0n) is 9.87. The minimum absolute atomic E-state index is 0.422. The lowest BCUT2D eigenvalue weighted by atomic mass is 10.0. The molecule has 3 N–H and O–H groups in total. The molecule has 0 atom stereocenters. The normalized spacial score (nSPS) is 11.3. The number of hydrogen-bond donors (Lipinski definition) is 2. The first-order chi connectivity index (χ1) is 8.74. The van der Waals surface area contributed by atoms with Gasteiger partial charge in [-0.05, 0) is 36.4 Å². The Hall–Kier alpha value is -2.56. The molecule has 0 aliphatic heterocycles. The number of nitrogen functional groups attached to an aromatic ring is 1. The van der Waals surface area contributed by atoms with Crippen LogP contribution in [0, 0.1) is 0 Å². The monoisotopic (exact) mass is 243 g/mol. The summed E-state index contributed by atoms with van der Waals surface area (Å²) in [6, 6.07) is 10.6. The Morgan fingerprint density at radius 1 is 1.17 bits per heavy atom. The van der Waals surface area contributed by atoms with Crippen LogP contribution in [-0.2, 0) is 0 Å². The second kappa shape index (κ2) is 5.18. The van der Waals surface area contributed by atoms with E-state index in [4.69, 9.17) is 15.7 Å². The summed E-state index contributed by atoms with van der Waals surface area (Å²) in [5, 5.41) is 12.4. The van der Waals surface area contributed by atoms with Crippen LogP contribution < -0.4 is 10.5 Å². The van der Waals surface area contributed by atoms with Gasteiger partial charge in [-0.25, -0.2) is 4.98 Å². The van der Waals surface area contributed by atoms with E-state index < -0.39 is 0 Å². The maximum atomic E-state index is 9.13. The predicted molar refractivity (Wildman–Crippen MR) is 69.1 cm³/mol. The molecule has 92 valence electrons. The largest absolute Gasteiger partial charge is 0.497 e. The molecular formula is C13H13N3O2. The van der Waals surface area contributed by atoms with E-state index in [1.807, 2.05) is 12.1 Å². The Kier molecular flexibility index (Phi) is 3.43. The average molecular weight is 243 g/mol. The number of nitrogens with zero attached hydrogens (tertiary/aromatic N) is 2. The second-order valence-corrected chi connectivity index (χ2v) is 3.65. The van der Waals surface area contributed by atoms with Gasteiger partial charge in [0, 0.05) is 17.3 Å². The highest BCUT2D eigenvalue weighted by molar-refractivity contribution is 6.12. The third kappa shape index (κ3) is 2.40. The summed E-state index contributed by atoms with van der Waals surface area (Å²) in [7, 11) is 1.60. The molecule has 0 aliphatic rings. The number of ether oxygens (including phenoxy) is 1. The summed E-state index contributed by atoms with van der Waals surface area (Å²) in [5.74, 6) is 1.16. The average Bonchev–Trinajstić information content (AvgIpc) is 2.42. The number of pyridine rings is 1. The van der Waals surface area contributed by atoms with Crippen molar-refractivity contribution in [2.45, 2.75) is 0 Å². The molecule has 5 heteroatoms. The van der Waals surface area contributed by atoms with Gasteiger partial charge in [0.1, 0.15) is 17.3 Å². The highest BCUT2D eigenvalue weighted by Crippen LogP contribution is 2.15. The molecule has 18 heavy (non-hydrogen) atoms. The van der Waals surface area contributed by atoms with Crippen molar-refractivity contribution in [3.8, 4) is 5.75 Å². The smallest absolute Gasteiger partial charge is 0.123 e. The summed E-state index contributed by atoms with van der Waals surface area (Å²) in [6.45, 7) is 0. The molecule has 2 rings (SSSR count). The first kappa shape index (κ1) is 11.9. The van der Waals surface area contributed by atoms with Gasteiger partial charge in [-0.2, -0.15) is 0 Å². The molecule has 5 nitrogen and oxygen atoms in total. The van der Waals surface area contributed by atoms with Gasteiger partial charge in [-0.3, -0.25) is 0 Å². The van der Waals surface area contributed by atoms with Crippen molar-refractivity contribution in [1.82, 2.24) is 4.98 Å². The molecule has 0 bridgehead atoms. The molecule has 0 radical (unpaired) electrons. The molecule has 0 amide bonds. The fourth-order valence-corrected chi connectivity index (χ4v) is 1.58. The van der Waals surface area contributed by atoms with Crippen LogP contribution in [0.4, 0.5) is 5.82 Å². The minimum atomic E-state index is 0.422. The lowest BCUT2D eigenvalue weighted by Gasteiger charge is -2.06. The summed E-state index contributed by atoms with van der Waals surface area (Å²) in [5.41, 5.74) is 7.41. The third-order valence-electron chi connectivity index (χ3n) is 2.52. The number of anilines is 1. The van der Waals surface area contributed by atoms with Crippen LogP contribution in [0.5, 0.6) is 5.75 Å². The highest BCUT2D eigenvalue weighted by atomic mass is 16.5. The number of rotatable bonds is 3. The van der Waals surface area contributed by atoms with Gasteiger partial charge in [0.25, 0.3) is 0 Å². The Morgan fingerprint density at radius 3 is 2.33 bits per heavy atom. The Morgan fingerprint density at radius 2 is 1.83 bits per heavy atom. The van der Waals surface area contributed by atoms with E-state index in [1.165, 1.54) is 0 Å². The van der Waals surface area contributed by atoms with Crippen molar-refractivity contribution in [3.05, 3.63) is 53.7 Å². The summed E-state index contributed by atoms with van der Waals surface area (Å²) >= 11 is 0. The van der Waals surface area contributed by atoms with Crippen molar-refractivity contribution in [1.29, 1.82) is 0 Å². The van der Waals surface area contributed by atoms with Gasteiger partial charge in [-0.1, -0.05) is 5.16 Å². The van der Waals surface area contributed by atoms with E-state index in [9.17, 15) is 0 Å².